The molecular weight excluding hydrogens is 736 g/mol. The second-order valence-electron chi connectivity index (χ2n) is 15.5. The van der Waals surface area contributed by atoms with Gasteiger partial charge in [0.15, 0.2) is 0 Å². The third kappa shape index (κ3) is 85.5. The van der Waals surface area contributed by atoms with Gasteiger partial charge in [0.2, 0.25) is 0 Å². The number of unbranched alkanes of at least 4 members (excludes halogenated alkanes) is 36. The summed E-state index contributed by atoms with van der Waals surface area (Å²) in [6.07, 6.45) is 52.0. The van der Waals surface area contributed by atoms with E-state index in [9.17, 15) is 20.4 Å². The van der Waals surface area contributed by atoms with Gasteiger partial charge < -0.3 is 20.4 Å². The normalized spacial score (nSPS) is 10.2. The van der Waals surface area contributed by atoms with Crippen LogP contribution in [-0.4, -0.2) is 26.4 Å². The fraction of sp³-hybridized carbons (Fsp3) is 1.00. The summed E-state index contributed by atoms with van der Waals surface area (Å²) in [5, 5.41) is 40.5. The van der Waals surface area contributed by atoms with Gasteiger partial charge in [-0.3, -0.25) is 0 Å². The zero-order chi connectivity index (χ0) is 39.1. The van der Waals surface area contributed by atoms with Crippen LogP contribution in [0.2, 0.25) is 0 Å². The second kappa shape index (κ2) is 75.1. The number of hydrogen-bond acceptors (Lipinski definition) is 4. The number of hydrogen-bond donors (Lipinski definition) is 0. The van der Waals surface area contributed by atoms with E-state index >= 15 is 0 Å². The zero-order valence-corrected chi connectivity index (χ0v) is 40.9. The van der Waals surface area contributed by atoms with Crippen LogP contribution in [0, 0.1) is 0 Å². The van der Waals surface area contributed by atoms with Crippen molar-refractivity contribution in [3.8, 4) is 0 Å². The van der Waals surface area contributed by atoms with Gasteiger partial charge >= 0.3 is 43.4 Å². The van der Waals surface area contributed by atoms with Crippen LogP contribution in [0.1, 0.15) is 285 Å². The Morgan fingerprint density at radius 1 is 0.167 bits per heavy atom. The molecule has 0 amide bonds. The van der Waals surface area contributed by atoms with Crippen molar-refractivity contribution in [2.75, 3.05) is 26.4 Å². The van der Waals surface area contributed by atoms with Gasteiger partial charge in [-0.05, 0) is 0 Å². The predicted octanol–water partition coefficient (Wildman–Crippen LogP) is 13.1. The molecule has 0 unspecified atom stereocenters. The molecule has 0 aliphatic carbocycles. The van der Waals surface area contributed by atoms with E-state index in [-0.39, 0.29) is 69.9 Å². The van der Waals surface area contributed by atoms with Crippen molar-refractivity contribution >= 4 is 0 Å². The standard InChI is InChI=1S/4C12H25O.2Ti/c4*1-2-3-4-5-6-7-8-9-10-11-12-13;;/h4*2-12H2,1H3;;/q4*-1;2*+2. The molecule has 0 aliphatic heterocycles. The summed E-state index contributed by atoms with van der Waals surface area (Å²) in [4.78, 5) is 0. The van der Waals surface area contributed by atoms with Gasteiger partial charge in [-0.15, -0.1) is 26.4 Å². The van der Waals surface area contributed by atoms with E-state index < -0.39 is 0 Å². The van der Waals surface area contributed by atoms with Gasteiger partial charge in [0, 0.05) is 0 Å². The van der Waals surface area contributed by atoms with Crippen molar-refractivity contribution in [1.29, 1.82) is 0 Å². The van der Waals surface area contributed by atoms with Gasteiger partial charge in [-0.1, -0.05) is 285 Å². The van der Waals surface area contributed by atoms with Crippen molar-refractivity contribution in [3.05, 3.63) is 0 Å². The summed E-state index contributed by atoms with van der Waals surface area (Å²) in [5.74, 6) is 0. The van der Waals surface area contributed by atoms with Crippen LogP contribution in [0.5, 0.6) is 0 Å². The van der Waals surface area contributed by atoms with Crippen molar-refractivity contribution in [1.82, 2.24) is 0 Å². The first-order chi connectivity index (χ1) is 25.7. The molecule has 0 rings (SSSR count). The maximum atomic E-state index is 10.1. The molecule has 0 spiro atoms. The molecule has 0 atom stereocenters. The van der Waals surface area contributed by atoms with Gasteiger partial charge in [0.25, 0.3) is 0 Å². The minimum Gasteiger partial charge on any atom is -0.854 e. The second-order valence-corrected chi connectivity index (χ2v) is 15.5. The van der Waals surface area contributed by atoms with Crippen molar-refractivity contribution in [2.24, 2.45) is 0 Å². The minimum absolute atomic E-state index is 0. The summed E-state index contributed by atoms with van der Waals surface area (Å²) in [5.41, 5.74) is 0. The third-order valence-electron chi connectivity index (χ3n) is 9.99. The monoisotopic (exact) mass is 837 g/mol. The Hall–Kier alpha value is 1.27. The van der Waals surface area contributed by atoms with Crippen molar-refractivity contribution in [3.63, 3.8) is 0 Å². The SMILES string of the molecule is CCCCCCCCCCCC[O-].CCCCCCCCCCCC[O-].CCCCCCCCCCCC[O-].CCCCCCCCCCCC[O-].[Ti+2].[Ti+2]. The Kier molecular flexibility index (Phi) is 93.3. The summed E-state index contributed by atoms with van der Waals surface area (Å²) in [6.45, 7) is 9.50. The topological polar surface area (TPSA) is 92.2 Å². The maximum Gasteiger partial charge on any atom is 2.00 e. The van der Waals surface area contributed by atoms with E-state index in [1.165, 1.54) is 205 Å². The van der Waals surface area contributed by atoms with Crippen LogP contribution in [0.4, 0.5) is 0 Å². The zero-order valence-electron chi connectivity index (χ0n) is 37.7. The molecule has 0 radical (unpaired) electrons. The first-order valence-corrected chi connectivity index (χ1v) is 24.0. The molecule has 324 valence electrons. The van der Waals surface area contributed by atoms with E-state index in [0.29, 0.717) is 0 Å². The van der Waals surface area contributed by atoms with Crippen LogP contribution in [0.15, 0.2) is 0 Å². The molecule has 0 aromatic rings. The van der Waals surface area contributed by atoms with E-state index in [2.05, 4.69) is 27.7 Å². The van der Waals surface area contributed by atoms with Gasteiger partial charge in [-0.25, -0.2) is 0 Å². The van der Waals surface area contributed by atoms with Crippen LogP contribution in [-0.2, 0) is 43.4 Å². The molecule has 0 aromatic heterocycles. The molecule has 0 aliphatic rings. The average molecular weight is 837 g/mol. The molecule has 0 N–H and O–H groups in total. The Labute approximate surface area is 372 Å². The molecule has 0 fully saturated rings. The van der Waals surface area contributed by atoms with E-state index in [4.69, 9.17) is 0 Å². The van der Waals surface area contributed by atoms with Crippen LogP contribution >= 0.6 is 0 Å². The van der Waals surface area contributed by atoms with Crippen molar-refractivity contribution < 1.29 is 63.9 Å². The maximum absolute atomic E-state index is 10.1. The summed E-state index contributed by atoms with van der Waals surface area (Å²) in [7, 11) is 0. The fourth-order valence-electron chi connectivity index (χ4n) is 6.36. The van der Waals surface area contributed by atoms with E-state index in [1.807, 2.05) is 0 Å². The Balaban J connectivity index is -0.000000140. The quantitative estimate of drug-likeness (QED) is 0.0454. The minimum atomic E-state index is 0. The average Bonchev–Trinajstić information content (AvgIpc) is 3.16. The van der Waals surface area contributed by atoms with Crippen molar-refractivity contribution in [2.45, 2.75) is 285 Å². The molecule has 4 nitrogen and oxygen atoms in total. The molecular formula is C48H100O4Ti2. The van der Waals surface area contributed by atoms with E-state index in [0.717, 1.165) is 51.4 Å². The Morgan fingerprint density at radius 3 is 0.352 bits per heavy atom. The molecule has 0 saturated carbocycles. The third-order valence-corrected chi connectivity index (χ3v) is 9.99. The smallest absolute Gasteiger partial charge is 0.854 e. The molecule has 0 aromatic carbocycles. The van der Waals surface area contributed by atoms with E-state index in [1.54, 1.807) is 0 Å². The summed E-state index contributed by atoms with van der Waals surface area (Å²) in [6, 6.07) is 0. The first kappa shape index (κ1) is 67.1. The number of rotatable bonds is 40. The molecule has 54 heavy (non-hydrogen) atoms. The van der Waals surface area contributed by atoms with Crippen LogP contribution in [0.25, 0.3) is 0 Å². The summed E-state index contributed by atoms with van der Waals surface area (Å²) < 4.78 is 0. The van der Waals surface area contributed by atoms with Gasteiger partial charge in [0.1, 0.15) is 0 Å². The molecule has 0 heterocycles. The Morgan fingerprint density at radius 2 is 0.259 bits per heavy atom. The van der Waals surface area contributed by atoms with Gasteiger partial charge in [-0.2, -0.15) is 0 Å². The predicted molar refractivity (Wildman–Crippen MR) is 227 cm³/mol. The van der Waals surface area contributed by atoms with Gasteiger partial charge in [0.05, 0.1) is 0 Å². The molecule has 0 saturated heterocycles. The molecule has 0 bridgehead atoms. The Bertz CT molecular complexity index is 385. The first-order valence-electron chi connectivity index (χ1n) is 24.0. The largest absolute Gasteiger partial charge is 2.00 e. The fourth-order valence-corrected chi connectivity index (χ4v) is 6.36. The van der Waals surface area contributed by atoms with Crippen LogP contribution < -0.4 is 20.4 Å². The summed E-state index contributed by atoms with van der Waals surface area (Å²) >= 11 is 0. The van der Waals surface area contributed by atoms with Crippen LogP contribution in [0.3, 0.4) is 0 Å². The molecule has 6 heteroatoms.